The summed E-state index contributed by atoms with van der Waals surface area (Å²) in [5, 5.41) is 3.25. The van der Waals surface area contributed by atoms with E-state index in [1.165, 1.54) is 5.56 Å². The summed E-state index contributed by atoms with van der Waals surface area (Å²) < 4.78 is 0. The Balaban J connectivity index is 2.38. The molecule has 1 atom stereocenters. The average Bonchev–Trinajstić information content (AvgIpc) is 2.32. The zero-order valence-corrected chi connectivity index (χ0v) is 8.95. The maximum absolute atomic E-state index is 3.87. The van der Waals surface area contributed by atoms with Crippen LogP contribution in [0.25, 0.3) is 0 Å². The highest BCUT2D eigenvalue weighted by Gasteiger charge is 2.28. The Morgan fingerprint density at radius 3 is 2.73 bits per heavy atom. The van der Waals surface area contributed by atoms with Crippen molar-refractivity contribution >= 4 is 0 Å². The van der Waals surface area contributed by atoms with E-state index in [1.807, 2.05) is 6.08 Å². The maximum Gasteiger partial charge on any atom is 0.0200 e. The predicted octanol–water partition coefficient (Wildman–Crippen LogP) is 3.01. The summed E-state index contributed by atoms with van der Waals surface area (Å²) in [4.78, 5) is 0. The van der Waals surface area contributed by atoms with Crippen LogP contribution >= 0.6 is 0 Å². The molecular weight excluding hydrogens is 182 g/mol. The molecule has 15 heavy (non-hydrogen) atoms. The number of rotatable bonds is 3. The van der Waals surface area contributed by atoms with Gasteiger partial charge in [0.2, 0.25) is 0 Å². The lowest BCUT2D eigenvalue weighted by atomic mass is 9.74. The fourth-order valence-corrected chi connectivity index (χ4v) is 2.24. The first-order chi connectivity index (χ1) is 7.37. The summed E-state index contributed by atoms with van der Waals surface area (Å²) in [5.41, 5.74) is 1.55. The van der Waals surface area contributed by atoms with Crippen molar-refractivity contribution in [2.75, 3.05) is 6.54 Å². The van der Waals surface area contributed by atoms with Crippen LogP contribution in [-0.2, 0) is 5.41 Å². The number of hydrogen-bond donors (Lipinski definition) is 1. The monoisotopic (exact) mass is 199 g/mol. The Morgan fingerprint density at radius 2 is 2.13 bits per heavy atom. The lowest BCUT2D eigenvalue weighted by Crippen LogP contribution is -2.31. The van der Waals surface area contributed by atoms with Gasteiger partial charge in [-0.15, -0.1) is 6.58 Å². The molecule has 1 heterocycles. The highest BCUT2D eigenvalue weighted by Crippen LogP contribution is 2.34. The quantitative estimate of drug-likeness (QED) is 0.738. The van der Waals surface area contributed by atoms with Crippen LogP contribution in [0.5, 0.6) is 0 Å². The van der Waals surface area contributed by atoms with Gasteiger partial charge in [-0.25, -0.2) is 0 Å². The van der Waals surface area contributed by atoms with Gasteiger partial charge < -0.3 is 5.32 Å². The lowest BCUT2D eigenvalue weighted by molar-refractivity contribution is 0.466. The molecule has 78 valence electrons. The van der Waals surface area contributed by atoms with Crippen molar-refractivity contribution in [3.8, 4) is 0 Å². The smallest absolute Gasteiger partial charge is 0.0200 e. The first-order valence-electron chi connectivity index (χ1n) is 5.45. The van der Waals surface area contributed by atoms with E-state index in [0.29, 0.717) is 0 Å². The summed E-state index contributed by atoms with van der Waals surface area (Å²) in [5.74, 6) is 0. The van der Waals surface area contributed by atoms with E-state index < -0.39 is 0 Å². The van der Waals surface area contributed by atoms with Gasteiger partial charge in [0.05, 0.1) is 0 Å². The molecule has 2 rings (SSSR count). The fraction of sp³-hybridized carbons (Fsp3) is 0.286. The van der Waals surface area contributed by atoms with E-state index in [0.717, 1.165) is 19.4 Å². The van der Waals surface area contributed by atoms with Crippen molar-refractivity contribution in [2.45, 2.75) is 18.3 Å². The van der Waals surface area contributed by atoms with Crippen LogP contribution < -0.4 is 5.32 Å². The second kappa shape index (κ2) is 4.35. The largest absolute Gasteiger partial charge is 0.391 e. The fourth-order valence-electron chi connectivity index (χ4n) is 2.24. The zero-order valence-electron chi connectivity index (χ0n) is 8.95. The molecule has 0 saturated heterocycles. The van der Waals surface area contributed by atoms with Gasteiger partial charge >= 0.3 is 0 Å². The minimum absolute atomic E-state index is 0.161. The summed E-state index contributed by atoms with van der Waals surface area (Å²) in [6.07, 6.45) is 8.50. The van der Waals surface area contributed by atoms with E-state index in [4.69, 9.17) is 0 Å². The van der Waals surface area contributed by atoms with E-state index in [1.54, 1.807) is 0 Å². The zero-order chi connectivity index (χ0) is 10.6. The van der Waals surface area contributed by atoms with E-state index >= 15 is 0 Å². The Kier molecular flexibility index (Phi) is 2.91. The molecule has 0 radical (unpaired) electrons. The minimum Gasteiger partial charge on any atom is -0.391 e. The van der Waals surface area contributed by atoms with Crippen LogP contribution in [0.1, 0.15) is 18.4 Å². The normalized spacial score (nSPS) is 24.5. The van der Waals surface area contributed by atoms with Gasteiger partial charge in [0.1, 0.15) is 0 Å². The van der Waals surface area contributed by atoms with E-state index in [9.17, 15) is 0 Å². The van der Waals surface area contributed by atoms with Gasteiger partial charge in [-0.1, -0.05) is 42.5 Å². The molecule has 0 fully saturated rings. The highest BCUT2D eigenvalue weighted by molar-refractivity contribution is 5.33. The molecule has 1 aliphatic rings. The van der Waals surface area contributed by atoms with Crippen LogP contribution in [0.4, 0.5) is 0 Å². The molecule has 1 N–H and O–H groups in total. The second-order valence-electron chi connectivity index (χ2n) is 4.05. The Bertz CT molecular complexity index is 353. The van der Waals surface area contributed by atoms with Crippen molar-refractivity contribution in [1.82, 2.24) is 5.32 Å². The highest BCUT2D eigenvalue weighted by atomic mass is 14.8. The van der Waals surface area contributed by atoms with Gasteiger partial charge in [-0.05, 0) is 24.6 Å². The van der Waals surface area contributed by atoms with Gasteiger partial charge in [0.25, 0.3) is 0 Å². The molecule has 1 unspecified atom stereocenters. The third-order valence-electron chi connectivity index (χ3n) is 3.09. The van der Waals surface area contributed by atoms with Crippen molar-refractivity contribution in [1.29, 1.82) is 0 Å². The lowest BCUT2D eigenvalue weighted by Gasteiger charge is -2.33. The molecule has 1 aromatic carbocycles. The molecule has 0 spiro atoms. The SMILES string of the molecule is C=CCC1(c2ccccc2)C=CNCC1. The molecule has 0 aromatic heterocycles. The number of benzene rings is 1. The van der Waals surface area contributed by atoms with Crippen LogP contribution in [0.3, 0.4) is 0 Å². The molecule has 1 aromatic rings. The topological polar surface area (TPSA) is 12.0 Å². The Morgan fingerprint density at radius 1 is 1.33 bits per heavy atom. The van der Waals surface area contributed by atoms with Gasteiger partial charge in [0.15, 0.2) is 0 Å². The van der Waals surface area contributed by atoms with Crippen LogP contribution in [0.15, 0.2) is 55.3 Å². The summed E-state index contributed by atoms with van der Waals surface area (Å²) in [7, 11) is 0. The molecule has 0 bridgehead atoms. The molecule has 1 heteroatoms. The first-order valence-corrected chi connectivity index (χ1v) is 5.45. The van der Waals surface area contributed by atoms with Crippen LogP contribution in [-0.4, -0.2) is 6.54 Å². The molecule has 0 amide bonds. The van der Waals surface area contributed by atoms with Crippen molar-refractivity contribution in [3.05, 3.63) is 60.8 Å². The first kappa shape index (κ1) is 10.0. The van der Waals surface area contributed by atoms with E-state index in [2.05, 4.69) is 54.5 Å². The Hall–Kier alpha value is -1.50. The van der Waals surface area contributed by atoms with Gasteiger partial charge in [0, 0.05) is 12.0 Å². The molecule has 1 aliphatic heterocycles. The van der Waals surface area contributed by atoms with Gasteiger partial charge in [-0.2, -0.15) is 0 Å². The summed E-state index contributed by atoms with van der Waals surface area (Å²) in [6, 6.07) is 10.7. The van der Waals surface area contributed by atoms with Gasteiger partial charge in [-0.3, -0.25) is 0 Å². The van der Waals surface area contributed by atoms with Crippen molar-refractivity contribution < 1.29 is 0 Å². The van der Waals surface area contributed by atoms with Crippen LogP contribution in [0.2, 0.25) is 0 Å². The molecule has 1 nitrogen and oxygen atoms in total. The molecular formula is C14H17N. The number of allylic oxidation sites excluding steroid dienone is 2. The van der Waals surface area contributed by atoms with Crippen molar-refractivity contribution in [2.24, 2.45) is 0 Å². The number of hydrogen-bond acceptors (Lipinski definition) is 1. The third-order valence-corrected chi connectivity index (χ3v) is 3.09. The molecule has 0 aliphatic carbocycles. The second-order valence-corrected chi connectivity index (χ2v) is 4.05. The van der Waals surface area contributed by atoms with Crippen molar-refractivity contribution in [3.63, 3.8) is 0 Å². The minimum atomic E-state index is 0.161. The van der Waals surface area contributed by atoms with E-state index in [-0.39, 0.29) is 5.41 Å². The average molecular weight is 199 g/mol. The molecule has 0 saturated carbocycles. The Labute approximate surface area is 91.5 Å². The standard InChI is InChI=1S/C14H17N/c1-2-8-14(9-11-15-12-10-14)13-6-4-3-5-7-13/h2-7,9,11,15H,1,8,10,12H2. The summed E-state index contributed by atoms with van der Waals surface area (Å²) in [6.45, 7) is 4.91. The maximum atomic E-state index is 3.87. The van der Waals surface area contributed by atoms with Crippen LogP contribution in [0, 0.1) is 0 Å². The third kappa shape index (κ3) is 1.96. The predicted molar refractivity (Wildman–Crippen MR) is 64.7 cm³/mol. The summed E-state index contributed by atoms with van der Waals surface area (Å²) >= 11 is 0. The number of nitrogens with one attached hydrogen (secondary N) is 1.